The Balaban J connectivity index is 2.00. The summed E-state index contributed by atoms with van der Waals surface area (Å²) in [6, 6.07) is 18.0. The van der Waals surface area contributed by atoms with Crippen LogP contribution in [-0.4, -0.2) is 0 Å². The van der Waals surface area contributed by atoms with Crippen LogP contribution in [-0.2, 0) is 12.0 Å². The number of hydrogen-bond donors (Lipinski definition) is 0. The van der Waals surface area contributed by atoms with Crippen LogP contribution in [0, 0.1) is 16.7 Å². The largest absolute Gasteiger partial charge is 0.489 e. The molecule has 2 rings (SSSR count). The van der Waals surface area contributed by atoms with Crippen molar-refractivity contribution in [2.24, 2.45) is 5.41 Å². The second kappa shape index (κ2) is 7.09. The first kappa shape index (κ1) is 18.1. The summed E-state index contributed by atoms with van der Waals surface area (Å²) in [4.78, 5) is 0. The van der Waals surface area contributed by atoms with Crippen LogP contribution in [0.1, 0.15) is 57.7 Å². The summed E-state index contributed by atoms with van der Waals surface area (Å²) in [5.74, 6) is 0.870. The van der Waals surface area contributed by atoms with Crippen LogP contribution in [0.3, 0.4) is 0 Å². The Morgan fingerprint density at radius 3 is 1.96 bits per heavy atom. The van der Waals surface area contributed by atoms with Crippen LogP contribution >= 0.6 is 0 Å². The zero-order chi connectivity index (χ0) is 17.8. The molecule has 2 heteroatoms. The van der Waals surface area contributed by atoms with E-state index in [0.29, 0.717) is 17.6 Å². The number of rotatable bonds is 5. The Kier molecular flexibility index (Phi) is 5.34. The zero-order valence-corrected chi connectivity index (χ0v) is 15.4. The van der Waals surface area contributed by atoms with Crippen molar-refractivity contribution in [2.45, 2.75) is 53.1 Å². The molecule has 0 unspecified atom stereocenters. The van der Waals surface area contributed by atoms with Crippen LogP contribution in [0.15, 0.2) is 48.5 Å². The van der Waals surface area contributed by atoms with Crippen molar-refractivity contribution in [3.63, 3.8) is 0 Å². The molecule has 2 aromatic rings. The summed E-state index contributed by atoms with van der Waals surface area (Å²) in [7, 11) is 0. The van der Waals surface area contributed by atoms with Crippen molar-refractivity contribution < 1.29 is 4.74 Å². The molecule has 0 fully saturated rings. The van der Waals surface area contributed by atoms with Crippen molar-refractivity contribution in [1.82, 2.24) is 0 Å². The van der Waals surface area contributed by atoms with E-state index in [0.717, 1.165) is 17.7 Å². The smallest absolute Gasteiger partial charge is 0.119 e. The lowest BCUT2D eigenvalue weighted by Crippen LogP contribution is -2.24. The van der Waals surface area contributed by atoms with Crippen molar-refractivity contribution in [3.8, 4) is 11.8 Å². The van der Waals surface area contributed by atoms with E-state index in [4.69, 9.17) is 10.00 Å². The molecule has 0 amide bonds. The number of nitrogens with zero attached hydrogens (tertiary/aromatic N) is 1. The van der Waals surface area contributed by atoms with Gasteiger partial charge in [0.1, 0.15) is 12.4 Å². The molecule has 0 spiro atoms. The third-order valence-electron chi connectivity index (χ3n) is 4.10. The van der Waals surface area contributed by atoms with Crippen LogP contribution in [0.4, 0.5) is 0 Å². The molecule has 2 aromatic carbocycles. The van der Waals surface area contributed by atoms with E-state index >= 15 is 0 Å². The minimum atomic E-state index is 0.143. The monoisotopic (exact) mass is 321 g/mol. The van der Waals surface area contributed by atoms with Gasteiger partial charge in [-0.1, -0.05) is 58.9 Å². The highest BCUT2D eigenvalue weighted by molar-refractivity contribution is 5.33. The van der Waals surface area contributed by atoms with Gasteiger partial charge in [0.2, 0.25) is 0 Å². The number of hydrogen-bond acceptors (Lipinski definition) is 2. The third-order valence-corrected chi connectivity index (χ3v) is 4.10. The fourth-order valence-electron chi connectivity index (χ4n) is 3.27. The summed E-state index contributed by atoms with van der Waals surface area (Å²) >= 11 is 0. The zero-order valence-electron chi connectivity index (χ0n) is 15.4. The topological polar surface area (TPSA) is 33.0 Å². The standard InChI is InChI=1S/C22H27NO/c1-21(2,3)16-22(4,5)19-10-12-20(13-11-19)24-15-18-8-6-17(14-23)7-9-18/h6-13H,15-16H2,1-5H3. The number of ether oxygens (including phenoxy) is 1. The second-order valence-electron chi connectivity index (χ2n) is 8.24. The Labute approximate surface area is 146 Å². The lowest BCUT2D eigenvalue weighted by molar-refractivity contribution is 0.283. The lowest BCUT2D eigenvalue weighted by atomic mass is 9.72. The van der Waals surface area contributed by atoms with E-state index < -0.39 is 0 Å². The van der Waals surface area contributed by atoms with Crippen molar-refractivity contribution >= 4 is 0 Å². The predicted octanol–water partition coefficient (Wildman–Crippen LogP) is 5.85. The maximum absolute atomic E-state index is 8.82. The lowest BCUT2D eigenvalue weighted by Gasteiger charge is -2.33. The molecule has 0 saturated carbocycles. The van der Waals surface area contributed by atoms with E-state index in [9.17, 15) is 0 Å². The van der Waals surface area contributed by atoms with E-state index in [1.54, 1.807) is 0 Å². The van der Waals surface area contributed by atoms with Crippen LogP contribution in [0.5, 0.6) is 5.75 Å². The first-order valence-electron chi connectivity index (χ1n) is 8.42. The summed E-state index contributed by atoms with van der Waals surface area (Å²) in [5.41, 5.74) is 3.51. The Morgan fingerprint density at radius 1 is 0.875 bits per heavy atom. The average Bonchev–Trinajstić information content (AvgIpc) is 2.51. The number of nitriles is 1. The predicted molar refractivity (Wildman–Crippen MR) is 99.0 cm³/mol. The maximum atomic E-state index is 8.82. The van der Waals surface area contributed by atoms with Gasteiger partial charge >= 0.3 is 0 Å². The molecule has 0 aliphatic carbocycles. The summed E-state index contributed by atoms with van der Waals surface area (Å²) in [5, 5.41) is 8.82. The van der Waals surface area contributed by atoms with Gasteiger partial charge in [-0.05, 0) is 52.6 Å². The van der Waals surface area contributed by atoms with Gasteiger partial charge in [0.25, 0.3) is 0 Å². The molecule has 0 aliphatic heterocycles. The highest BCUT2D eigenvalue weighted by Gasteiger charge is 2.27. The number of benzene rings is 2. The molecular formula is C22H27NO. The molecule has 0 heterocycles. The summed E-state index contributed by atoms with van der Waals surface area (Å²) in [6.45, 7) is 11.9. The molecule has 0 radical (unpaired) electrons. The van der Waals surface area contributed by atoms with Crippen LogP contribution in [0.25, 0.3) is 0 Å². The minimum Gasteiger partial charge on any atom is -0.489 e. The third kappa shape index (κ3) is 5.13. The Bertz CT molecular complexity index is 698. The molecule has 0 bridgehead atoms. The van der Waals surface area contributed by atoms with Crippen LogP contribution in [0.2, 0.25) is 0 Å². The molecule has 0 saturated heterocycles. The Morgan fingerprint density at radius 2 is 1.46 bits per heavy atom. The van der Waals surface area contributed by atoms with Gasteiger partial charge in [-0.15, -0.1) is 0 Å². The SMILES string of the molecule is CC(C)(C)CC(C)(C)c1ccc(OCc2ccc(C#N)cc2)cc1. The van der Waals surface area contributed by atoms with E-state index in [1.807, 2.05) is 36.4 Å². The molecule has 0 aromatic heterocycles. The minimum absolute atomic E-state index is 0.143. The van der Waals surface area contributed by atoms with Gasteiger partial charge in [0, 0.05) is 0 Å². The molecule has 2 nitrogen and oxygen atoms in total. The van der Waals surface area contributed by atoms with E-state index in [2.05, 4.69) is 52.8 Å². The molecule has 126 valence electrons. The van der Waals surface area contributed by atoms with Gasteiger partial charge in [-0.3, -0.25) is 0 Å². The quantitative estimate of drug-likeness (QED) is 0.692. The van der Waals surface area contributed by atoms with Crippen LogP contribution < -0.4 is 4.74 Å². The van der Waals surface area contributed by atoms with Gasteiger partial charge in [-0.2, -0.15) is 5.26 Å². The molecule has 0 atom stereocenters. The fourth-order valence-corrected chi connectivity index (χ4v) is 3.27. The maximum Gasteiger partial charge on any atom is 0.119 e. The normalized spacial score (nSPS) is 11.8. The first-order valence-corrected chi connectivity index (χ1v) is 8.42. The van der Waals surface area contributed by atoms with E-state index in [-0.39, 0.29) is 5.41 Å². The Hall–Kier alpha value is -2.27. The van der Waals surface area contributed by atoms with E-state index in [1.165, 1.54) is 5.56 Å². The van der Waals surface area contributed by atoms with Gasteiger partial charge in [0.15, 0.2) is 0 Å². The summed E-state index contributed by atoms with van der Waals surface area (Å²) < 4.78 is 5.85. The molecule has 0 aliphatic rings. The molecule has 24 heavy (non-hydrogen) atoms. The fraction of sp³-hybridized carbons (Fsp3) is 0.409. The highest BCUT2D eigenvalue weighted by atomic mass is 16.5. The van der Waals surface area contributed by atoms with Crippen molar-refractivity contribution in [2.75, 3.05) is 0 Å². The second-order valence-corrected chi connectivity index (χ2v) is 8.24. The molecular weight excluding hydrogens is 294 g/mol. The highest BCUT2D eigenvalue weighted by Crippen LogP contribution is 2.36. The van der Waals surface area contributed by atoms with Gasteiger partial charge < -0.3 is 4.74 Å². The molecule has 0 N–H and O–H groups in total. The van der Waals surface area contributed by atoms with Gasteiger partial charge in [-0.25, -0.2) is 0 Å². The van der Waals surface area contributed by atoms with Crippen molar-refractivity contribution in [3.05, 3.63) is 65.2 Å². The van der Waals surface area contributed by atoms with Crippen molar-refractivity contribution in [1.29, 1.82) is 5.26 Å². The first-order chi connectivity index (χ1) is 11.2. The average molecular weight is 321 g/mol. The van der Waals surface area contributed by atoms with Gasteiger partial charge in [0.05, 0.1) is 11.6 Å². The summed E-state index contributed by atoms with van der Waals surface area (Å²) in [6.07, 6.45) is 1.13.